The lowest BCUT2D eigenvalue weighted by Crippen LogP contribution is -2.18. The number of methoxy groups -OCH3 is 1. The maximum Gasteiger partial charge on any atom is 0.336 e. The molecule has 2 rings (SSSR count). The summed E-state index contributed by atoms with van der Waals surface area (Å²) >= 11 is 1.41. The molecule has 1 aromatic carbocycles. The molecule has 0 bridgehead atoms. The van der Waals surface area contributed by atoms with Crippen LogP contribution in [0.1, 0.15) is 26.3 Å². The minimum Gasteiger partial charge on any atom is -0.497 e. The molecule has 0 aliphatic rings. The van der Waals surface area contributed by atoms with Gasteiger partial charge < -0.3 is 14.9 Å². The van der Waals surface area contributed by atoms with E-state index >= 15 is 0 Å². The molecule has 0 fully saturated rings. The van der Waals surface area contributed by atoms with Gasteiger partial charge in [-0.1, -0.05) is 11.8 Å². The van der Waals surface area contributed by atoms with Crippen LogP contribution in [0.4, 0.5) is 0 Å². The first kappa shape index (κ1) is 16.4. The molecule has 0 aliphatic heterocycles. The van der Waals surface area contributed by atoms with Crippen LogP contribution in [-0.2, 0) is 5.75 Å². The highest BCUT2D eigenvalue weighted by Gasteiger charge is 2.11. The third kappa shape index (κ3) is 4.27. The predicted molar refractivity (Wildman–Crippen MR) is 91.7 cm³/mol. The van der Waals surface area contributed by atoms with Crippen LogP contribution >= 0.6 is 11.8 Å². The van der Waals surface area contributed by atoms with Crippen LogP contribution in [0.15, 0.2) is 38.5 Å². The number of nitrogens with zero attached hydrogens (tertiary/aromatic N) is 1. The zero-order valence-electron chi connectivity index (χ0n) is 13.2. The molecule has 0 spiro atoms. The maximum absolute atomic E-state index is 11.7. The number of fused-ring (bicyclic) bond motifs is 1. The van der Waals surface area contributed by atoms with Gasteiger partial charge in [-0.3, -0.25) is 4.99 Å². The van der Waals surface area contributed by atoms with Gasteiger partial charge in [0.2, 0.25) is 0 Å². The van der Waals surface area contributed by atoms with Crippen LogP contribution in [-0.4, -0.2) is 17.8 Å². The van der Waals surface area contributed by atoms with E-state index in [4.69, 9.17) is 14.9 Å². The Kier molecular flexibility index (Phi) is 4.81. The van der Waals surface area contributed by atoms with Crippen LogP contribution < -0.4 is 16.1 Å². The number of ether oxygens (including phenoxy) is 1. The van der Waals surface area contributed by atoms with Crippen molar-refractivity contribution in [3.8, 4) is 5.75 Å². The lowest BCUT2D eigenvalue weighted by molar-refractivity contribution is 0.414. The summed E-state index contributed by atoms with van der Waals surface area (Å²) in [5.74, 6) is 1.20. The first-order valence-electron chi connectivity index (χ1n) is 6.87. The van der Waals surface area contributed by atoms with Crippen molar-refractivity contribution in [3.05, 3.63) is 40.2 Å². The van der Waals surface area contributed by atoms with E-state index in [0.717, 1.165) is 10.9 Å². The molecule has 0 unspecified atom stereocenters. The molecule has 22 heavy (non-hydrogen) atoms. The zero-order chi connectivity index (χ0) is 16.3. The van der Waals surface area contributed by atoms with E-state index in [0.29, 0.717) is 22.3 Å². The number of aliphatic imine (C=N–C) groups is 1. The molecule has 118 valence electrons. The quantitative estimate of drug-likeness (QED) is 0.534. The van der Waals surface area contributed by atoms with Crippen LogP contribution in [0.25, 0.3) is 11.0 Å². The Hall–Kier alpha value is -1.95. The molecule has 1 aromatic heterocycles. The smallest absolute Gasteiger partial charge is 0.336 e. The van der Waals surface area contributed by atoms with Gasteiger partial charge in [0.1, 0.15) is 11.3 Å². The largest absolute Gasteiger partial charge is 0.497 e. The van der Waals surface area contributed by atoms with Gasteiger partial charge in [0.25, 0.3) is 0 Å². The van der Waals surface area contributed by atoms with Gasteiger partial charge in [0.05, 0.1) is 12.6 Å². The number of hydrogen-bond donors (Lipinski definition) is 1. The van der Waals surface area contributed by atoms with Gasteiger partial charge in [-0.2, -0.15) is 0 Å². The second-order valence-electron chi connectivity index (χ2n) is 5.86. The van der Waals surface area contributed by atoms with Crippen LogP contribution in [0.5, 0.6) is 5.75 Å². The molecule has 0 saturated heterocycles. The Balaban J connectivity index is 2.32. The first-order valence-corrected chi connectivity index (χ1v) is 7.86. The Labute approximate surface area is 133 Å². The van der Waals surface area contributed by atoms with E-state index in [1.807, 2.05) is 32.9 Å². The molecule has 2 N–H and O–H groups in total. The Morgan fingerprint density at radius 3 is 2.73 bits per heavy atom. The molecule has 0 aliphatic carbocycles. The summed E-state index contributed by atoms with van der Waals surface area (Å²) in [6, 6.07) is 6.91. The van der Waals surface area contributed by atoms with Gasteiger partial charge in [-0.05, 0) is 38.5 Å². The molecule has 5 nitrogen and oxygen atoms in total. The minimum absolute atomic E-state index is 0.220. The highest BCUT2D eigenvalue weighted by Crippen LogP contribution is 2.25. The maximum atomic E-state index is 11.7. The van der Waals surface area contributed by atoms with E-state index in [1.165, 1.54) is 17.8 Å². The SMILES string of the molecule is COc1ccc2c(CSC(N)=NC(C)(C)C)cc(=O)oc2c1. The third-order valence-corrected chi connectivity index (χ3v) is 3.70. The Bertz CT molecular complexity index is 760. The average molecular weight is 320 g/mol. The van der Waals surface area contributed by atoms with Crippen LogP contribution in [0.3, 0.4) is 0 Å². The van der Waals surface area contributed by atoms with Gasteiger partial charge in [-0.15, -0.1) is 0 Å². The lowest BCUT2D eigenvalue weighted by atomic mass is 10.1. The monoisotopic (exact) mass is 320 g/mol. The third-order valence-electron chi connectivity index (χ3n) is 2.86. The summed E-state index contributed by atoms with van der Waals surface area (Å²) in [7, 11) is 1.57. The second-order valence-corrected chi connectivity index (χ2v) is 6.86. The molecular formula is C16H20N2O3S. The fraction of sp³-hybridized carbons (Fsp3) is 0.375. The molecular weight excluding hydrogens is 300 g/mol. The first-order chi connectivity index (χ1) is 10.3. The van der Waals surface area contributed by atoms with E-state index in [1.54, 1.807) is 13.2 Å². The van der Waals surface area contributed by atoms with E-state index in [-0.39, 0.29) is 11.2 Å². The van der Waals surface area contributed by atoms with Crippen molar-refractivity contribution < 1.29 is 9.15 Å². The van der Waals surface area contributed by atoms with E-state index in [2.05, 4.69) is 4.99 Å². The van der Waals surface area contributed by atoms with Crippen molar-refractivity contribution in [1.29, 1.82) is 0 Å². The van der Waals surface area contributed by atoms with Gasteiger partial charge in [0, 0.05) is 23.3 Å². The van der Waals surface area contributed by atoms with Crippen molar-refractivity contribution in [2.45, 2.75) is 32.1 Å². The molecule has 0 amide bonds. The predicted octanol–water partition coefficient (Wildman–Crippen LogP) is 3.15. The molecule has 0 saturated carbocycles. The van der Waals surface area contributed by atoms with Crippen LogP contribution in [0.2, 0.25) is 0 Å². The Morgan fingerprint density at radius 1 is 1.36 bits per heavy atom. The molecule has 2 aromatic rings. The molecule has 1 heterocycles. The van der Waals surface area contributed by atoms with Gasteiger partial charge >= 0.3 is 5.63 Å². The van der Waals surface area contributed by atoms with Crippen molar-refractivity contribution in [3.63, 3.8) is 0 Å². The number of thioether (sulfide) groups is 1. The van der Waals surface area contributed by atoms with Crippen LogP contribution in [0, 0.1) is 0 Å². The summed E-state index contributed by atoms with van der Waals surface area (Å²) in [6.07, 6.45) is 0. The number of rotatable bonds is 3. The molecule has 0 atom stereocenters. The highest BCUT2D eigenvalue weighted by atomic mass is 32.2. The van der Waals surface area contributed by atoms with E-state index in [9.17, 15) is 4.79 Å². The van der Waals surface area contributed by atoms with Crippen molar-refractivity contribution in [2.75, 3.05) is 7.11 Å². The number of amidine groups is 1. The minimum atomic E-state index is -0.386. The number of nitrogens with two attached hydrogens (primary N) is 1. The normalized spacial score (nSPS) is 12.6. The van der Waals surface area contributed by atoms with Crippen molar-refractivity contribution >= 4 is 27.9 Å². The fourth-order valence-corrected chi connectivity index (χ4v) is 2.85. The van der Waals surface area contributed by atoms with E-state index < -0.39 is 0 Å². The molecule has 6 heteroatoms. The number of hydrogen-bond acceptors (Lipinski definition) is 5. The molecule has 0 radical (unpaired) electrons. The van der Waals surface area contributed by atoms with Gasteiger partial charge in [0.15, 0.2) is 5.17 Å². The topological polar surface area (TPSA) is 77.8 Å². The lowest BCUT2D eigenvalue weighted by Gasteiger charge is -2.13. The van der Waals surface area contributed by atoms with Crippen molar-refractivity contribution in [2.24, 2.45) is 10.7 Å². The summed E-state index contributed by atoms with van der Waals surface area (Å²) in [5, 5.41) is 1.37. The zero-order valence-corrected chi connectivity index (χ0v) is 14.0. The summed E-state index contributed by atoms with van der Waals surface area (Å²) < 4.78 is 10.4. The standard InChI is InChI=1S/C16H20N2O3S/c1-16(2,3)18-15(17)22-9-10-7-14(19)21-13-8-11(20-4)5-6-12(10)13/h5-8H,9H2,1-4H3,(H2,17,18). The summed E-state index contributed by atoms with van der Waals surface area (Å²) in [6.45, 7) is 5.96. The summed E-state index contributed by atoms with van der Waals surface area (Å²) in [5.41, 5.74) is 6.70. The Morgan fingerprint density at radius 2 is 2.09 bits per heavy atom. The fourth-order valence-electron chi connectivity index (χ4n) is 1.97. The average Bonchev–Trinajstić information content (AvgIpc) is 2.42. The number of benzene rings is 1. The van der Waals surface area contributed by atoms with Crippen molar-refractivity contribution in [1.82, 2.24) is 0 Å². The second kappa shape index (κ2) is 6.44. The summed E-state index contributed by atoms with van der Waals surface area (Å²) in [4.78, 5) is 16.1. The van der Waals surface area contributed by atoms with Gasteiger partial charge in [-0.25, -0.2) is 4.79 Å². The highest BCUT2D eigenvalue weighted by molar-refractivity contribution is 8.13.